The molecule has 1 aliphatic rings. The van der Waals surface area contributed by atoms with Gasteiger partial charge in [-0.3, -0.25) is 0 Å². The van der Waals surface area contributed by atoms with Gasteiger partial charge in [-0.2, -0.15) is 0 Å². The zero-order valence-corrected chi connectivity index (χ0v) is 9.08. The number of fused-ring (bicyclic) bond motifs is 1. The van der Waals surface area contributed by atoms with Gasteiger partial charge in [-0.05, 0) is 42.0 Å². The monoisotopic (exact) mass is 244 g/mol. The summed E-state index contributed by atoms with van der Waals surface area (Å²) in [7, 11) is 0. The molecule has 0 atom stereocenters. The molecule has 0 bridgehead atoms. The minimum Gasteiger partial charge on any atom is -0.0876 e. The van der Waals surface area contributed by atoms with Crippen molar-refractivity contribution in [3.8, 4) is 0 Å². The largest absolute Gasteiger partial charge is 0.0876 e. The first kappa shape index (κ1) is 8.58. The summed E-state index contributed by atoms with van der Waals surface area (Å²) >= 11 is 9.58. The average Bonchev–Trinajstić information content (AvgIpc) is 2.54. The quantitative estimate of drug-likeness (QED) is 0.662. The van der Waals surface area contributed by atoms with Crippen LogP contribution in [0.25, 0.3) is 0 Å². The molecule has 0 aromatic heterocycles. The van der Waals surface area contributed by atoms with Gasteiger partial charge in [0.1, 0.15) is 0 Å². The predicted octanol–water partition coefficient (Wildman–Crippen LogP) is 3.72. The van der Waals surface area contributed by atoms with Crippen LogP contribution in [0.3, 0.4) is 0 Å². The molecule has 0 saturated carbocycles. The Bertz CT molecular complexity index is 307. The van der Waals surface area contributed by atoms with Crippen molar-refractivity contribution in [3.63, 3.8) is 0 Å². The number of halogens is 2. The van der Waals surface area contributed by atoms with Crippen molar-refractivity contribution in [2.75, 3.05) is 0 Å². The molecule has 0 amide bonds. The maximum atomic E-state index is 6.08. The van der Waals surface area contributed by atoms with Gasteiger partial charge in [-0.1, -0.05) is 33.6 Å². The van der Waals surface area contributed by atoms with Crippen LogP contribution in [-0.2, 0) is 18.2 Å². The normalized spacial score (nSPS) is 14.8. The highest BCUT2D eigenvalue weighted by molar-refractivity contribution is 9.08. The fourth-order valence-electron chi connectivity index (χ4n) is 1.86. The van der Waals surface area contributed by atoms with E-state index >= 15 is 0 Å². The third-order valence-electron chi connectivity index (χ3n) is 2.47. The second-order valence-corrected chi connectivity index (χ2v) is 4.12. The van der Waals surface area contributed by atoms with Gasteiger partial charge in [0.15, 0.2) is 0 Å². The van der Waals surface area contributed by atoms with E-state index in [2.05, 4.69) is 22.0 Å². The van der Waals surface area contributed by atoms with Crippen LogP contribution in [0.4, 0.5) is 0 Å². The molecule has 1 aromatic rings. The van der Waals surface area contributed by atoms with E-state index in [4.69, 9.17) is 11.6 Å². The molecule has 2 heteroatoms. The van der Waals surface area contributed by atoms with Crippen molar-refractivity contribution in [3.05, 3.63) is 33.8 Å². The van der Waals surface area contributed by atoms with Gasteiger partial charge in [-0.25, -0.2) is 0 Å². The van der Waals surface area contributed by atoms with Crippen LogP contribution in [0.1, 0.15) is 23.1 Å². The van der Waals surface area contributed by atoms with E-state index in [0.717, 1.165) is 16.8 Å². The Morgan fingerprint density at radius 1 is 1.25 bits per heavy atom. The molecule has 64 valence electrons. The second-order valence-electron chi connectivity index (χ2n) is 3.15. The number of hydrogen-bond donors (Lipinski definition) is 0. The maximum absolute atomic E-state index is 6.08. The molecule has 12 heavy (non-hydrogen) atoms. The summed E-state index contributed by atoms with van der Waals surface area (Å²) < 4.78 is 0. The van der Waals surface area contributed by atoms with Gasteiger partial charge in [0.2, 0.25) is 0 Å². The van der Waals surface area contributed by atoms with Crippen molar-refractivity contribution in [1.29, 1.82) is 0 Å². The molecule has 0 heterocycles. The third-order valence-corrected chi connectivity index (χ3v) is 3.43. The average molecular weight is 246 g/mol. The van der Waals surface area contributed by atoms with Crippen molar-refractivity contribution >= 4 is 27.5 Å². The van der Waals surface area contributed by atoms with Gasteiger partial charge >= 0.3 is 0 Å². The van der Waals surface area contributed by atoms with Crippen LogP contribution in [0.15, 0.2) is 12.1 Å². The second kappa shape index (κ2) is 3.39. The summed E-state index contributed by atoms with van der Waals surface area (Å²) in [6, 6.07) is 4.14. The van der Waals surface area contributed by atoms with Crippen LogP contribution in [0, 0.1) is 0 Å². The molecule has 0 spiro atoms. The van der Waals surface area contributed by atoms with Gasteiger partial charge in [0.25, 0.3) is 0 Å². The summed E-state index contributed by atoms with van der Waals surface area (Å²) in [5.74, 6) is 0. The lowest BCUT2D eigenvalue weighted by atomic mass is 10.1. The highest BCUT2D eigenvalue weighted by Gasteiger charge is 2.16. The van der Waals surface area contributed by atoms with Crippen LogP contribution < -0.4 is 0 Å². The lowest BCUT2D eigenvalue weighted by Crippen LogP contribution is -1.90. The Kier molecular flexibility index (Phi) is 2.42. The number of hydrogen-bond acceptors (Lipinski definition) is 0. The van der Waals surface area contributed by atoms with Crippen LogP contribution in [-0.4, -0.2) is 0 Å². The SMILES string of the molecule is Clc1ccc(CBr)c2c1CCC2. The van der Waals surface area contributed by atoms with E-state index in [1.165, 1.54) is 29.5 Å². The highest BCUT2D eigenvalue weighted by Crippen LogP contribution is 2.32. The third kappa shape index (κ3) is 1.29. The zero-order chi connectivity index (χ0) is 8.55. The fraction of sp³-hybridized carbons (Fsp3) is 0.400. The maximum Gasteiger partial charge on any atom is 0.0440 e. The summed E-state index contributed by atoms with van der Waals surface area (Å²) in [5, 5.41) is 1.90. The van der Waals surface area contributed by atoms with Crippen molar-refractivity contribution < 1.29 is 0 Å². The lowest BCUT2D eigenvalue weighted by Gasteiger charge is -2.06. The smallest absolute Gasteiger partial charge is 0.0440 e. The number of rotatable bonds is 1. The van der Waals surface area contributed by atoms with E-state index in [1.54, 1.807) is 0 Å². The van der Waals surface area contributed by atoms with Crippen molar-refractivity contribution in [2.24, 2.45) is 0 Å². The van der Waals surface area contributed by atoms with E-state index in [9.17, 15) is 0 Å². The Morgan fingerprint density at radius 2 is 2.00 bits per heavy atom. The summed E-state index contributed by atoms with van der Waals surface area (Å²) in [6.07, 6.45) is 3.63. The molecule has 0 aliphatic heterocycles. The Labute approximate surface area is 86.1 Å². The van der Waals surface area contributed by atoms with Crippen molar-refractivity contribution in [2.45, 2.75) is 24.6 Å². The molecule has 0 saturated heterocycles. The topological polar surface area (TPSA) is 0 Å². The zero-order valence-electron chi connectivity index (χ0n) is 6.74. The number of alkyl halides is 1. The molecular weight excluding hydrogens is 235 g/mol. The summed E-state index contributed by atoms with van der Waals surface area (Å²) in [4.78, 5) is 0. The lowest BCUT2D eigenvalue weighted by molar-refractivity contribution is 0.909. The Morgan fingerprint density at radius 3 is 2.75 bits per heavy atom. The molecule has 0 radical (unpaired) electrons. The molecule has 1 aromatic carbocycles. The van der Waals surface area contributed by atoms with Crippen LogP contribution in [0.5, 0.6) is 0 Å². The van der Waals surface area contributed by atoms with Gasteiger partial charge in [0, 0.05) is 10.4 Å². The van der Waals surface area contributed by atoms with Gasteiger partial charge in [0.05, 0.1) is 0 Å². The van der Waals surface area contributed by atoms with Gasteiger partial charge in [-0.15, -0.1) is 0 Å². The predicted molar refractivity (Wildman–Crippen MR) is 56.1 cm³/mol. The van der Waals surface area contributed by atoms with Gasteiger partial charge < -0.3 is 0 Å². The highest BCUT2D eigenvalue weighted by atomic mass is 79.9. The summed E-state index contributed by atoms with van der Waals surface area (Å²) in [5.41, 5.74) is 4.28. The molecule has 2 rings (SSSR count). The van der Waals surface area contributed by atoms with E-state index < -0.39 is 0 Å². The molecule has 0 fully saturated rings. The van der Waals surface area contributed by atoms with Crippen molar-refractivity contribution in [1.82, 2.24) is 0 Å². The fourth-order valence-corrected chi connectivity index (χ4v) is 2.66. The van der Waals surface area contributed by atoms with Crippen LogP contribution in [0.2, 0.25) is 5.02 Å². The first-order valence-electron chi connectivity index (χ1n) is 4.18. The Balaban J connectivity index is 2.57. The van der Waals surface area contributed by atoms with E-state index in [1.807, 2.05) is 6.07 Å². The van der Waals surface area contributed by atoms with E-state index in [0.29, 0.717) is 0 Å². The molecule has 0 nitrogen and oxygen atoms in total. The van der Waals surface area contributed by atoms with E-state index in [-0.39, 0.29) is 0 Å². The minimum absolute atomic E-state index is 0.951. The standard InChI is InChI=1S/C10H10BrCl/c11-6-7-4-5-10(12)9-3-1-2-8(7)9/h4-5H,1-3,6H2. The Hall–Kier alpha value is -0.0100. The first-order valence-corrected chi connectivity index (χ1v) is 5.68. The minimum atomic E-state index is 0.951. The molecule has 0 N–H and O–H groups in total. The number of benzene rings is 1. The van der Waals surface area contributed by atoms with Crippen LogP contribution >= 0.6 is 27.5 Å². The first-order chi connectivity index (χ1) is 5.83. The molecule has 0 unspecified atom stereocenters. The molecule has 1 aliphatic carbocycles. The summed E-state index contributed by atoms with van der Waals surface area (Å²) in [6.45, 7) is 0. The molecular formula is C10H10BrCl.